The third kappa shape index (κ3) is 7.45. The smallest absolute Gasteiger partial charge is 0.324 e. The van der Waals surface area contributed by atoms with Crippen LogP contribution in [0, 0.1) is 11.3 Å². The Hall–Kier alpha value is -4.29. The summed E-state index contributed by atoms with van der Waals surface area (Å²) < 4.78 is 21.2. The zero-order valence-electron chi connectivity index (χ0n) is 40.5. The van der Waals surface area contributed by atoms with Crippen molar-refractivity contribution in [1.29, 1.82) is 0 Å². The quantitative estimate of drug-likeness (QED) is 0.199. The van der Waals surface area contributed by atoms with Crippen LogP contribution < -0.4 is 10.7 Å². The number of methoxy groups -OCH3 is 1. The first-order valence-corrected chi connectivity index (χ1v) is 26.1. The molecule has 2 N–H and O–H groups in total. The summed E-state index contributed by atoms with van der Waals surface area (Å²) in [7, 11) is 3.94. The van der Waals surface area contributed by atoms with Crippen molar-refractivity contribution in [3.05, 3.63) is 58.2 Å². The highest BCUT2D eigenvalue weighted by molar-refractivity contribution is 7.10. The first-order valence-electron chi connectivity index (χ1n) is 25.3. The van der Waals surface area contributed by atoms with Crippen molar-refractivity contribution in [3.8, 4) is 22.5 Å². The van der Waals surface area contributed by atoms with Gasteiger partial charge in [0.15, 0.2) is 0 Å². The number of likely N-dealkylation sites (tertiary alicyclic amines) is 3. The highest BCUT2D eigenvalue weighted by Crippen LogP contribution is 2.53. The Kier molecular flexibility index (Phi) is 11.0. The Labute approximate surface area is 403 Å². The van der Waals surface area contributed by atoms with Crippen molar-refractivity contribution in [3.63, 3.8) is 0 Å². The fourth-order valence-corrected chi connectivity index (χ4v) is 13.9. The van der Waals surface area contributed by atoms with Gasteiger partial charge >= 0.3 is 5.97 Å². The molecule has 0 unspecified atom stereocenters. The second kappa shape index (κ2) is 16.7. The Morgan fingerprint density at radius 3 is 2.57 bits per heavy atom. The molecule has 68 heavy (non-hydrogen) atoms. The van der Waals surface area contributed by atoms with E-state index < -0.39 is 29.1 Å². The molecule has 1 spiro atoms. The number of hydrogen-bond acceptors (Lipinski definition) is 13. The number of likely N-dealkylation sites (N-methyl/N-ethyl adjacent to an activating group) is 1. The minimum atomic E-state index is -0.995. The summed E-state index contributed by atoms with van der Waals surface area (Å²) in [4.78, 5) is 62.1. The summed E-state index contributed by atoms with van der Waals surface area (Å²) in [5.74, 6) is -0.578. The average Bonchev–Trinajstić information content (AvgIpc) is 3.56. The molecule has 10 heterocycles. The van der Waals surface area contributed by atoms with Crippen LogP contribution in [0.1, 0.15) is 114 Å². The minimum Gasteiger partial charge on any atom is -0.464 e. The molecule has 8 fully saturated rings. The number of thiazole rings is 1. The number of nitrogens with one attached hydrogen (secondary N) is 2. The molecule has 8 bridgehead atoms. The summed E-state index contributed by atoms with van der Waals surface area (Å²) in [6, 6.07) is 9.64. The van der Waals surface area contributed by atoms with Crippen LogP contribution in [-0.2, 0) is 35.0 Å². The number of aromatic nitrogens is 3. The maximum atomic E-state index is 15.3. The molecule has 16 heteroatoms. The second-order valence-corrected chi connectivity index (χ2v) is 23.3. The van der Waals surface area contributed by atoms with Crippen molar-refractivity contribution >= 4 is 40.0 Å². The van der Waals surface area contributed by atoms with Gasteiger partial charge in [0.1, 0.15) is 22.7 Å². The number of esters is 1. The first-order chi connectivity index (χ1) is 32.7. The topological polar surface area (TPSA) is 147 Å². The normalized spacial score (nSPS) is 31.3. The van der Waals surface area contributed by atoms with E-state index in [2.05, 4.69) is 87.5 Å². The molecular weight excluding hydrogens is 879 g/mol. The molecule has 15 nitrogen and oxygen atoms in total. The summed E-state index contributed by atoms with van der Waals surface area (Å²) in [5.41, 5.74) is 9.12. The largest absolute Gasteiger partial charge is 0.464 e. The number of nitrogens with zero attached hydrogens (tertiary/aromatic N) is 7. The lowest BCUT2D eigenvalue weighted by Crippen LogP contribution is -2.71. The maximum absolute atomic E-state index is 15.3. The number of hydrogen-bond donors (Lipinski definition) is 2. The van der Waals surface area contributed by atoms with Gasteiger partial charge < -0.3 is 24.1 Å². The highest BCUT2D eigenvalue weighted by Gasteiger charge is 2.62. The standard InChI is InChI=1S/C52H67N9O6S/c1-30-33-21-52(22-33,67-30)49(64)55-43-45(59-27-51(28-59)16-9-18-57(51)5)46-54-40(26-68-46)32-12-15-41-37(20-32)38(23-50(3,4)29-66-48(63)39-11-8-19-60(56-39)47(43)62)44(36-10-7-17-53-42(36)31(2)65-6)61(41)35-24-58(25-35)34-13-14-34/h7,10,12,15,17,20,26,30-31,33-35,39,43,45,56H,8-9,11,13-14,16,18-19,21-25,27-29H2,1-6H3,(H,55,64)/t30-,31-,33?,39-,43-,45-,52?/m0/s1. The fraction of sp³-hybridized carbons (Fsp3) is 0.635. The molecule has 4 aromatic rings. The van der Waals surface area contributed by atoms with Crippen LogP contribution in [0.5, 0.6) is 0 Å². The van der Waals surface area contributed by atoms with Gasteiger partial charge in [-0.15, -0.1) is 11.3 Å². The van der Waals surface area contributed by atoms with E-state index in [9.17, 15) is 9.59 Å². The lowest BCUT2D eigenvalue weighted by atomic mass is 9.72. The van der Waals surface area contributed by atoms with Crippen molar-refractivity contribution in [1.82, 2.24) is 45.0 Å². The monoisotopic (exact) mass is 945 g/mol. The van der Waals surface area contributed by atoms with Crippen molar-refractivity contribution in [2.45, 2.75) is 139 Å². The summed E-state index contributed by atoms with van der Waals surface area (Å²) in [6.07, 6.45) is 9.40. The number of rotatable bonds is 8. The first kappa shape index (κ1) is 44.9. The number of ether oxygens (including phenoxy) is 3. The predicted octanol–water partition coefficient (Wildman–Crippen LogP) is 6.05. The molecule has 5 atom stereocenters. The molecule has 362 valence electrons. The number of hydrazine groups is 1. The van der Waals surface area contributed by atoms with Gasteiger partial charge in [-0.2, -0.15) is 0 Å². The van der Waals surface area contributed by atoms with Gasteiger partial charge in [-0.3, -0.25) is 39.1 Å². The molecule has 2 amide bonds. The third-order valence-electron chi connectivity index (χ3n) is 17.2. The van der Waals surface area contributed by atoms with E-state index in [-0.39, 0.29) is 48.2 Å². The molecule has 13 rings (SSSR count). The molecule has 6 saturated heterocycles. The van der Waals surface area contributed by atoms with Gasteiger partial charge in [-0.05, 0) is 121 Å². The van der Waals surface area contributed by atoms with Gasteiger partial charge in [-0.1, -0.05) is 19.9 Å². The molecule has 0 radical (unpaired) electrons. The second-order valence-electron chi connectivity index (χ2n) is 22.5. The lowest BCUT2D eigenvalue weighted by Gasteiger charge is -2.55. The molecule has 3 aromatic heterocycles. The fourth-order valence-electron chi connectivity index (χ4n) is 12.9. The summed E-state index contributed by atoms with van der Waals surface area (Å²) >= 11 is 1.55. The zero-order chi connectivity index (χ0) is 46.9. The van der Waals surface area contributed by atoms with E-state index in [0.717, 1.165) is 89.7 Å². The molecule has 2 aliphatic carbocycles. The van der Waals surface area contributed by atoms with E-state index in [1.165, 1.54) is 18.4 Å². The third-order valence-corrected chi connectivity index (χ3v) is 18.1. The summed E-state index contributed by atoms with van der Waals surface area (Å²) in [5, 5.41) is 8.92. The molecule has 2 saturated carbocycles. The maximum Gasteiger partial charge on any atom is 0.324 e. The molecule has 9 aliphatic rings. The van der Waals surface area contributed by atoms with E-state index in [4.69, 9.17) is 24.2 Å². The van der Waals surface area contributed by atoms with Crippen LogP contribution in [-0.4, -0.2) is 147 Å². The summed E-state index contributed by atoms with van der Waals surface area (Å²) in [6.45, 7) is 13.5. The van der Waals surface area contributed by atoms with Crippen molar-refractivity contribution in [2.75, 3.05) is 60.0 Å². The van der Waals surface area contributed by atoms with Crippen LogP contribution >= 0.6 is 11.3 Å². The van der Waals surface area contributed by atoms with Gasteiger partial charge in [0.25, 0.3) is 11.8 Å². The van der Waals surface area contributed by atoms with E-state index in [1.807, 2.05) is 19.2 Å². The number of benzene rings is 1. The van der Waals surface area contributed by atoms with E-state index >= 15 is 4.79 Å². The average molecular weight is 946 g/mol. The van der Waals surface area contributed by atoms with Gasteiger partial charge in [0.2, 0.25) is 0 Å². The van der Waals surface area contributed by atoms with Crippen LogP contribution in [0.25, 0.3) is 33.4 Å². The van der Waals surface area contributed by atoms with Crippen LogP contribution in [0.3, 0.4) is 0 Å². The van der Waals surface area contributed by atoms with E-state index in [0.29, 0.717) is 50.6 Å². The SMILES string of the molecule is CO[C@@H](C)c1ncccc1-c1c2c3cc(ccc3n1C1CN(C3CC3)C1)-c1csc(n1)[C@@H](N1CC3(CCCN3C)C1)[C@H](NC(=O)C13CC(C1)[C@H](C)O3)C(=O)N1CCC[C@H](N1)C(=O)OCC(C)(C)C2. The Morgan fingerprint density at radius 2 is 1.85 bits per heavy atom. The van der Waals surface area contributed by atoms with Crippen LogP contribution in [0.2, 0.25) is 0 Å². The van der Waals surface area contributed by atoms with Crippen LogP contribution in [0.15, 0.2) is 41.9 Å². The molecule has 7 aliphatic heterocycles. The van der Waals surface area contributed by atoms with Gasteiger partial charge in [0, 0.05) is 90.4 Å². The number of fused-ring (bicyclic) bond motifs is 7. The molecular formula is C52H67N9O6S. The Bertz CT molecular complexity index is 2640. The molecule has 1 aromatic carbocycles. The lowest BCUT2D eigenvalue weighted by molar-refractivity contribution is -0.158. The van der Waals surface area contributed by atoms with Crippen molar-refractivity contribution in [2.24, 2.45) is 11.3 Å². The number of carbonyl (C=O) groups excluding carboxylic acids is 3. The Morgan fingerprint density at radius 1 is 1.04 bits per heavy atom. The number of carbonyl (C=O) groups is 3. The Balaban J connectivity index is 1.01. The van der Waals surface area contributed by atoms with Gasteiger partial charge in [-0.25, -0.2) is 10.4 Å². The van der Waals surface area contributed by atoms with Crippen LogP contribution in [0.4, 0.5) is 0 Å². The predicted molar refractivity (Wildman–Crippen MR) is 258 cm³/mol. The van der Waals surface area contributed by atoms with Crippen molar-refractivity contribution < 1.29 is 28.6 Å². The number of cyclic esters (lactones) is 1. The number of amides is 2. The minimum absolute atomic E-state index is 0.00923. The van der Waals surface area contributed by atoms with Gasteiger partial charge in [0.05, 0.1) is 48.0 Å². The zero-order valence-corrected chi connectivity index (χ0v) is 41.3. The highest BCUT2D eigenvalue weighted by atomic mass is 32.1. The number of pyridine rings is 1. The van der Waals surface area contributed by atoms with E-state index in [1.54, 1.807) is 23.5 Å².